The first-order valence-corrected chi connectivity index (χ1v) is 12.2. The topological polar surface area (TPSA) is 278 Å². The highest BCUT2D eigenvalue weighted by Gasteiger charge is 2.38. The van der Waals surface area contributed by atoms with Gasteiger partial charge < -0.3 is 48.6 Å². The third kappa shape index (κ3) is 9.34. The predicted molar refractivity (Wildman–Crippen MR) is 135 cm³/mol. The number of nitrogens with zero attached hydrogens (tertiary/aromatic N) is 3. The Labute approximate surface area is 219 Å². The van der Waals surface area contributed by atoms with Gasteiger partial charge in [0.1, 0.15) is 18.1 Å². The second kappa shape index (κ2) is 14.5. The number of imidazole rings is 1. The van der Waals surface area contributed by atoms with Gasteiger partial charge in [-0.2, -0.15) is 0 Å². The summed E-state index contributed by atoms with van der Waals surface area (Å²) in [6.45, 7) is 0.423. The van der Waals surface area contributed by atoms with E-state index in [2.05, 4.69) is 25.6 Å². The van der Waals surface area contributed by atoms with Gasteiger partial charge in [-0.3, -0.25) is 24.2 Å². The van der Waals surface area contributed by atoms with E-state index in [0.29, 0.717) is 25.0 Å². The van der Waals surface area contributed by atoms with Crippen LogP contribution in [0.1, 0.15) is 44.2 Å². The fraction of sp³-hybridized carbons (Fsp3) is 0.591. The Balaban J connectivity index is 2.20. The minimum atomic E-state index is -1.16. The number of carbonyl (C=O) groups is 5. The van der Waals surface area contributed by atoms with Gasteiger partial charge in [0.05, 0.1) is 12.4 Å². The Morgan fingerprint density at radius 2 is 1.84 bits per heavy atom. The number of nitrogens with one attached hydrogen (secondary N) is 3. The van der Waals surface area contributed by atoms with Crippen molar-refractivity contribution in [2.45, 2.75) is 69.1 Å². The van der Waals surface area contributed by atoms with Crippen molar-refractivity contribution in [2.75, 3.05) is 13.1 Å². The zero-order valence-electron chi connectivity index (χ0n) is 21.0. The van der Waals surface area contributed by atoms with Crippen LogP contribution in [0.4, 0.5) is 0 Å². The Hall–Kier alpha value is -4.21. The van der Waals surface area contributed by atoms with Gasteiger partial charge >= 0.3 is 5.97 Å². The van der Waals surface area contributed by atoms with Crippen molar-refractivity contribution in [1.82, 2.24) is 25.5 Å². The Morgan fingerprint density at radius 1 is 1.13 bits per heavy atom. The monoisotopic (exact) mass is 536 g/mol. The number of primary amides is 1. The van der Waals surface area contributed by atoms with E-state index in [1.54, 1.807) is 0 Å². The fourth-order valence-electron chi connectivity index (χ4n) is 4.05. The van der Waals surface area contributed by atoms with Gasteiger partial charge in [0.15, 0.2) is 5.96 Å². The molecule has 1 aliphatic heterocycles. The van der Waals surface area contributed by atoms with Crippen molar-refractivity contribution < 1.29 is 29.1 Å². The molecule has 1 aromatic heterocycles. The van der Waals surface area contributed by atoms with E-state index in [9.17, 15) is 29.1 Å². The van der Waals surface area contributed by atoms with Crippen LogP contribution in [0.2, 0.25) is 0 Å². The third-order valence-corrected chi connectivity index (χ3v) is 6.03. The van der Waals surface area contributed by atoms with Crippen LogP contribution >= 0.6 is 0 Å². The van der Waals surface area contributed by atoms with Crippen LogP contribution in [0.5, 0.6) is 0 Å². The van der Waals surface area contributed by atoms with E-state index in [1.165, 1.54) is 17.4 Å². The zero-order valence-corrected chi connectivity index (χ0v) is 21.0. The summed E-state index contributed by atoms with van der Waals surface area (Å²) >= 11 is 0. The van der Waals surface area contributed by atoms with E-state index in [0.717, 1.165) is 0 Å². The summed E-state index contributed by atoms with van der Waals surface area (Å²) in [4.78, 5) is 73.9. The maximum atomic E-state index is 13.4. The number of aliphatic carboxylic acids is 1. The molecule has 2 rings (SSSR count). The number of aliphatic imine (C=N–C) groups is 1. The summed E-state index contributed by atoms with van der Waals surface area (Å²) in [7, 11) is 0. The zero-order chi connectivity index (χ0) is 28.2. The molecular weight excluding hydrogens is 500 g/mol. The molecule has 16 nitrogen and oxygen atoms in total. The smallest absolute Gasteiger partial charge is 0.326 e. The summed E-state index contributed by atoms with van der Waals surface area (Å²) in [5, 5.41) is 14.7. The van der Waals surface area contributed by atoms with Gasteiger partial charge in [-0.25, -0.2) is 9.78 Å². The highest BCUT2D eigenvalue weighted by Crippen LogP contribution is 2.20. The quantitative estimate of drug-likeness (QED) is 0.0626. The lowest BCUT2D eigenvalue weighted by molar-refractivity contribution is -0.149. The Kier molecular flexibility index (Phi) is 11.5. The Morgan fingerprint density at radius 3 is 2.45 bits per heavy atom. The van der Waals surface area contributed by atoms with Crippen LogP contribution in [0, 0.1) is 0 Å². The molecular formula is C22H36N10O6. The predicted octanol–water partition coefficient (Wildman–Crippen LogP) is -3.36. The summed E-state index contributed by atoms with van der Waals surface area (Å²) in [5.74, 6) is -3.82. The van der Waals surface area contributed by atoms with Crippen molar-refractivity contribution in [3.63, 3.8) is 0 Å². The minimum Gasteiger partial charge on any atom is -0.480 e. The number of amides is 4. The maximum Gasteiger partial charge on any atom is 0.326 e. The molecule has 16 heteroatoms. The first kappa shape index (κ1) is 30.0. The van der Waals surface area contributed by atoms with E-state index in [-0.39, 0.29) is 44.7 Å². The maximum absolute atomic E-state index is 13.4. The minimum absolute atomic E-state index is 0.00348. The lowest BCUT2D eigenvalue weighted by Gasteiger charge is -2.29. The number of hydrogen-bond acceptors (Lipinski definition) is 8. The molecule has 0 spiro atoms. The van der Waals surface area contributed by atoms with E-state index in [4.69, 9.17) is 22.9 Å². The number of carbonyl (C=O) groups excluding carboxylic acids is 4. The van der Waals surface area contributed by atoms with E-state index >= 15 is 0 Å². The lowest BCUT2D eigenvalue weighted by Crippen LogP contribution is -2.57. The largest absolute Gasteiger partial charge is 0.480 e. The number of aromatic amines is 1. The average molecular weight is 537 g/mol. The van der Waals surface area contributed by atoms with Crippen LogP contribution in [0.3, 0.4) is 0 Å². The fourth-order valence-corrected chi connectivity index (χ4v) is 4.05. The van der Waals surface area contributed by atoms with Crippen LogP contribution < -0.4 is 33.6 Å². The summed E-state index contributed by atoms with van der Waals surface area (Å²) < 4.78 is 0. The van der Waals surface area contributed by atoms with Crippen LogP contribution in [0.25, 0.3) is 0 Å². The van der Waals surface area contributed by atoms with Crippen molar-refractivity contribution >= 4 is 35.6 Å². The first-order chi connectivity index (χ1) is 18.0. The molecule has 1 saturated heterocycles. The van der Waals surface area contributed by atoms with Crippen LogP contribution in [-0.4, -0.2) is 92.8 Å². The number of rotatable bonds is 15. The van der Waals surface area contributed by atoms with Gasteiger partial charge in [0.2, 0.25) is 23.6 Å². The van der Waals surface area contributed by atoms with E-state index < -0.39 is 53.8 Å². The van der Waals surface area contributed by atoms with Gasteiger partial charge in [-0.05, 0) is 32.1 Å². The molecule has 0 aliphatic carbocycles. The number of carboxylic acid groups (broad SMARTS) is 1. The molecule has 0 bridgehead atoms. The number of hydrogen-bond donors (Lipinski definition) is 8. The van der Waals surface area contributed by atoms with Crippen molar-refractivity contribution in [3.05, 3.63) is 18.2 Å². The SMILES string of the molecule is NC(=O)CCC(N)C(=O)NC(Cc1cnc[nH]1)C(=O)NC(CCCN=C(N)N)C(=O)N1CCCC1C(=O)O. The molecule has 4 amide bonds. The number of guanidine groups is 1. The number of nitrogens with two attached hydrogens (primary N) is 4. The summed E-state index contributed by atoms with van der Waals surface area (Å²) in [5.41, 5.74) is 22.2. The van der Waals surface area contributed by atoms with Gasteiger partial charge in [-0.15, -0.1) is 0 Å². The molecule has 4 unspecified atom stereocenters. The first-order valence-electron chi connectivity index (χ1n) is 12.2. The van der Waals surface area contributed by atoms with Gasteiger partial charge in [0.25, 0.3) is 0 Å². The standard InChI is InChI=1S/C22H36N10O6/c23-13(5-6-17(24)33)18(34)31-15(9-12-10-27-11-29-12)19(35)30-14(3-1-7-28-22(25)26)20(36)32-8-2-4-16(32)21(37)38/h10-11,13-16H,1-9,23H2,(H2,24,33)(H,27,29)(H,30,35)(H,31,34)(H,37,38)(H4,25,26,28). The normalized spacial score (nSPS) is 17.2. The molecule has 12 N–H and O–H groups in total. The molecule has 0 saturated carbocycles. The highest BCUT2D eigenvalue weighted by atomic mass is 16.4. The molecule has 0 radical (unpaired) electrons. The second-order valence-corrected chi connectivity index (χ2v) is 8.99. The number of carboxylic acids is 1. The van der Waals surface area contributed by atoms with Gasteiger partial charge in [-0.1, -0.05) is 0 Å². The molecule has 4 atom stereocenters. The number of likely N-dealkylation sites (tertiary alicyclic amines) is 1. The molecule has 1 aliphatic rings. The molecule has 210 valence electrons. The van der Waals surface area contributed by atoms with Gasteiger partial charge in [0, 0.05) is 37.8 Å². The molecule has 1 aromatic rings. The molecule has 2 heterocycles. The molecule has 1 fully saturated rings. The number of aromatic nitrogens is 2. The summed E-state index contributed by atoms with van der Waals surface area (Å²) in [6.07, 6.45) is 3.99. The highest BCUT2D eigenvalue weighted by molar-refractivity contribution is 5.94. The number of H-pyrrole nitrogens is 1. The molecule has 0 aromatic carbocycles. The second-order valence-electron chi connectivity index (χ2n) is 8.99. The van der Waals surface area contributed by atoms with Crippen molar-refractivity contribution in [3.8, 4) is 0 Å². The summed E-state index contributed by atoms with van der Waals surface area (Å²) in [6, 6.07) is -4.35. The average Bonchev–Trinajstić information content (AvgIpc) is 3.55. The van der Waals surface area contributed by atoms with Crippen molar-refractivity contribution in [2.24, 2.45) is 27.9 Å². The third-order valence-electron chi connectivity index (χ3n) is 6.03. The molecule has 38 heavy (non-hydrogen) atoms. The van der Waals surface area contributed by atoms with Crippen molar-refractivity contribution in [1.29, 1.82) is 0 Å². The Bertz CT molecular complexity index is 1010. The van der Waals surface area contributed by atoms with Crippen LogP contribution in [-0.2, 0) is 30.4 Å². The van der Waals surface area contributed by atoms with Crippen LogP contribution in [0.15, 0.2) is 17.5 Å². The van der Waals surface area contributed by atoms with E-state index in [1.807, 2.05) is 0 Å². The lowest BCUT2D eigenvalue weighted by atomic mass is 10.1.